The van der Waals surface area contributed by atoms with Gasteiger partial charge in [-0.1, -0.05) is 210 Å². The number of hydrogen-bond donors (Lipinski definition) is 0. The van der Waals surface area contributed by atoms with E-state index in [1.807, 2.05) is 71.5 Å². The van der Waals surface area contributed by atoms with E-state index < -0.39 is 0 Å². The van der Waals surface area contributed by atoms with Crippen LogP contribution in [-0.2, 0) is 3.07 Å². The molecule has 66 heavy (non-hydrogen) atoms. The molecule has 1 unspecified atom stereocenters. The molecule has 0 fully saturated rings. The molecule has 1 atom stereocenters. The van der Waals surface area contributed by atoms with E-state index >= 15 is 0 Å². The van der Waals surface area contributed by atoms with E-state index in [2.05, 4.69) is 231 Å². The van der Waals surface area contributed by atoms with Gasteiger partial charge in [0.05, 0.1) is 6.10 Å². The maximum absolute atomic E-state index is 5.16. The monoisotopic (exact) mass is 986 g/mol. The molecule has 0 spiro atoms. The van der Waals surface area contributed by atoms with Gasteiger partial charge in [-0.3, -0.25) is 0 Å². The third-order valence-electron chi connectivity index (χ3n) is 11.3. The van der Waals surface area contributed by atoms with Gasteiger partial charge in [-0.2, -0.15) is 0 Å². The number of halogens is 1. The van der Waals surface area contributed by atoms with Crippen molar-refractivity contribution >= 4 is 23.0 Å². The smallest absolute Gasteiger partial charge is 0.110 e. The Morgan fingerprint density at radius 3 is 0.955 bits per heavy atom. The molecule has 2 heteroatoms. The topological polar surface area (TPSA) is 9.23 Å². The van der Waals surface area contributed by atoms with Crippen LogP contribution in [-0.4, -0.2) is 0 Å². The van der Waals surface area contributed by atoms with Crippen molar-refractivity contribution in [2.45, 2.75) is 110 Å². The maximum Gasteiger partial charge on any atom is 0.110 e. The van der Waals surface area contributed by atoms with Crippen molar-refractivity contribution in [1.82, 2.24) is 0 Å². The van der Waals surface area contributed by atoms with Crippen molar-refractivity contribution in [2.24, 2.45) is 0 Å². The lowest BCUT2D eigenvalue weighted by Gasteiger charge is -2.16. The highest BCUT2D eigenvalue weighted by Crippen LogP contribution is 2.37. The molecule has 0 aliphatic rings. The number of rotatable bonds is 7. The summed E-state index contributed by atoms with van der Waals surface area (Å²) in [6.07, 6.45) is 0.190. The van der Waals surface area contributed by atoms with Crippen molar-refractivity contribution in [3.63, 3.8) is 0 Å². The van der Waals surface area contributed by atoms with Crippen LogP contribution in [0.3, 0.4) is 0 Å². The number of aryl methyl sites for hydroxylation is 8. The van der Waals surface area contributed by atoms with Crippen LogP contribution in [0.5, 0.6) is 0 Å². The Kier molecular flexibility index (Phi) is 23.6. The van der Waals surface area contributed by atoms with E-state index in [1.54, 1.807) is 0 Å². The second-order valence-electron chi connectivity index (χ2n) is 16.0. The third-order valence-corrected chi connectivity index (χ3v) is 12.1. The first-order valence-electron chi connectivity index (χ1n) is 23.8. The normalized spacial score (nSPS) is 10.4. The van der Waals surface area contributed by atoms with Gasteiger partial charge in [0, 0.05) is 0 Å². The Balaban J connectivity index is 0.000000305. The van der Waals surface area contributed by atoms with Crippen molar-refractivity contribution in [3.05, 3.63) is 226 Å². The highest BCUT2D eigenvalue weighted by atomic mass is 127. The van der Waals surface area contributed by atoms with Crippen LogP contribution in [0.1, 0.15) is 105 Å². The molecule has 0 heterocycles. The van der Waals surface area contributed by atoms with Crippen LogP contribution in [0.15, 0.2) is 176 Å². The summed E-state index contributed by atoms with van der Waals surface area (Å²) in [5, 5.41) is 0. The molecule has 344 valence electrons. The molecule has 8 aromatic carbocycles. The first-order valence-corrected chi connectivity index (χ1v) is 24.7. The Labute approximate surface area is 415 Å². The van der Waals surface area contributed by atoms with Crippen LogP contribution in [0.2, 0.25) is 0 Å². The third kappa shape index (κ3) is 15.3. The van der Waals surface area contributed by atoms with Crippen molar-refractivity contribution < 1.29 is 3.07 Å². The minimum atomic E-state index is 0.190. The zero-order valence-corrected chi connectivity index (χ0v) is 44.8. The van der Waals surface area contributed by atoms with Gasteiger partial charge in [0.25, 0.3) is 0 Å². The molecule has 8 aromatic rings. The van der Waals surface area contributed by atoms with Gasteiger partial charge in [-0.05, 0) is 175 Å². The summed E-state index contributed by atoms with van der Waals surface area (Å²) < 4.78 is 5.16. The predicted molar refractivity (Wildman–Crippen MR) is 302 cm³/mol. The van der Waals surface area contributed by atoms with E-state index in [0.717, 1.165) is 0 Å². The fraction of sp³-hybridized carbons (Fsp3) is 0.250. The van der Waals surface area contributed by atoms with Gasteiger partial charge >= 0.3 is 0 Å². The van der Waals surface area contributed by atoms with Crippen LogP contribution in [0, 0.1) is 55.4 Å². The van der Waals surface area contributed by atoms with Crippen LogP contribution < -0.4 is 0 Å². The van der Waals surface area contributed by atoms with Gasteiger partial charge in [-0.15, -0.1) is 0 Å². The SMILES string of the molecule is CC.CC.CC.Cc1cccc(-c2ccc(C)c(-c3cc(-c4ccc(C)c(-c5ccccc5C)c4)ccc3C)c2)c1.Cc1cccc(C(C)OI)c1.Cc1ccccc1-c1ccccc1C. The summed E-state index contributed by atoms with van der Waals surface area (Å²) in [5.74, 6) is 0. The zero-order valence-electron chi connectivity index (χ0n) is 42.6. The standard InChI is InChI=1S/C35H32.C14H14.C9H11IO.3C2H6/c1-23-9-8-11-28(19-23)29-16-14-26(4)34(21-29)35-22-31(18-15-27(35)5)30-17-13-25(3)33(20-30)32-12-7-6-10-24(32)2;1-11-7-3-5-9-13(11)14-10-6-4-8-12(14)2;1-7-4-3-5-9(6-7)8(2)11-10;3*1-2/h6-22H,1-5H3;3-10H,1-2H3;3-6,8H,1-2H3;3*1-2H3. The molecule has 1 nitrogen and oxygen atoms in total. The lowest BCUT2D eigenvalue weighted by Crippen LogP contribution is -1.92. The molecule has 0 saturated heterocycles. The zero-order chi connectivity index (χ0) is 48.8. The summed E-state index contributed by atoms with van der Waals surface area (Å²) in [6, 6.07) is 63.3. The average molecular weight is 987 g/mol. The van der Waals surface area contributed by atoms with Crippen molar-refractivity contribution in [3.8, 4) is 55.6 Å². The van der Waals surface area contributed by atoms with E-state index in [4.69, 9.17) is 3.07 Å². The first-order chi connectivity index (χ1) is 31.9. The van der Waals surface area contributed by atoms with Crippen LogP contribution in [0.25, 0.3) is 55.6 Å². The molecule has 0 amide bonds. The average Bonchev–Trinajstić information content (AvgIpc) is 3.35. The molecule has 0 radical (unpaired) electrons. The molecular formula is C64H75IO. The number of benzene rings is 8. The summed E-state index contributed by atoms with van der Waals surface area (Å²) in [7, 11) is 0. The van der Waals surface area contributed by atoms with Gasteiger partial charge in [0.15, 0.2) is 0 Å². The lowest BCUT2D eigenvalue weighted by atomic mass is 9.89. The highest BCUT2D eigenvalue weighted by Gasteiger charge is 2.12. The summed E-state index contributed by atoms with van der Waals surface area (Å²) in [4.78, 5) is 0. The van der Waals surface area contributed by atoms with Crippen LogP contribution in [0.4, 0.5) is 0 Å². The van der Waals surface area contributed by atoms with E-state index in [-0.39, 0.29) is 6.10 Å². The second-order valence-corrected chi connectivity index (χ2v) is 16.6. The fourth-order valence-corrected chi connectivity index (χ4v) is 7.99. The fourth-order valence-electron chi connectivity index (χ4n) is 7.70. The minimum absolute atomic E-state index is 0.190. The Bertz CT molecular complexity index is 2660. The first kappa shape index (κ1) is 54.8. The molecule has 0 aliphatic heterocycles. The molecular weight excluding hydrogens is 912 g/mol. The molecule has 8 rings (SSSR count). The Hall–Kier alpha value is -5.55. The van der Waals surface area contributed by atoms with Gasteiger partial charge in [-0.25, -0.2) is 0 Å². The summed E-state index contributed by atoms with van der Waals surface area (Å²) in [5.41, 5.74) is 24.6. The largest absolute Gasteiger partial charge is 0.308 e. The minimum Gasteiger partial charge on any atom is -0.308 e. The highest BCUT2D eigenvalue weighted by molar-refractivity contribution is 14.1. The van der Waals surface area contributed by atoms with Gasteiger partial charge < -0.3 is 3.07 Å². The molecule has 0 aromatic heterocycles. The van der Waals surface area contributed by atoms with Crippen molar-refractivity contribution in [2.75, 3.05) is 0 Å². The predicted octanol–water partition coefficient (Wildman–Crippen LogP) is 20.4. The van der Waals surface area contributed by atoms with Gasteiger partial charge in [0.2, 0.25) is 0 Å². The number of hydrogen-bond acceptors (Lipinski definition) is 1. The quantitative estimate of drug-likeness (QED) is 0.145. The summed E-state index contributed by atoms with van der Waals surface area (Å²) >= 11 is 1.93. The van der Waals surface area contributed by atoms with E-state index in [9.17, 15) is 0 Å². The maximum atomic E-state index is 5.16. The van der Waals surface area contributed by atoms with Gasteiger partial charge in [0.1, 0.15) is 23.0 Å². The van der Waals surface area contributed by atoms with E-state index in [0.29, 0.717) is 0 Å². The lowest BCUT2D eigenvalue weighted by molar-refractivity contribution is 0.318. The molecule has 0 saturated carbocycles. The second kappa shape index (κ2) is 28.5. The Morgan fingerprint density at radius 2 is 0.606 bits per heavy atom. The summed E-state index contributed by atoms with van der Waals surface area (Å²) in [6.45, 7) is 31.4. The van der Waals surface area contributed by atoms with Crippen LogP contribution >= 0.6 is 23.0 Å². The molecule has 0 N–H and O–H groups in total. The van der Waals surface area contributed by atoms with Crippen molar-refractivity contribution in [1.29, 1.82) is 0 Å². The van der Waals surface area contributed by atoms with E-state index in [1.165, 1.54) is 106 Å². The Morgan fingerprint density at radius 1 is 0.303 bits per heavy atom. The molecule has 0 aliphatic carbocycles. The molecule has 0 bridgehead atoms.